The molecule has 8 heteroatoms. The van der Waals surface area contributed by atoms with Crippen molar-refractivity contribution >= 4 is 34.0 Å². The van der Waals surface area contributed by atoms with Crippen molar-refractivity contribution in [2.75, 3.05) is 6.26 Å². The number of hydrogen-bond donors (Lipinski definition) is 0. The predicted octanol–water partition coefficient (Wildman–Crippen LogP) is 3.98. The Kier molecular flexibility index (Phi) is 5.58. The van der Waals surface area contributed by atoms with Gasteiger partial charge in [-0.05, 0) is 63.6 Å². The van der Waals surface area contributed by atoms with Crippen molar-refractivity contribution in [3.05, 3.63) is 53.1 Å². The van der Waals surface area contributed by atoms with E-state index in [1.807, 2.05) is 27.7 Å². The van der Waals surface area contributed by atoms with Gasteiger partial charge in [-0.1, -0.05) is 23.7 Å². The smallest absolute Gasteiger partial charge is 0.458 e. The number of halogens is 1. The van der Waals surface area contributed by atoms with Crippen LogP contribution in [-0.2, 0) is 24.9 Å². The van der Waals surface area contributed by atoms with Gasteiger partial charge in [0.2, 0.25) is 0 Å². The summed E-state index contributed by atoms with van der Waals surface area (Å²) in [5.41, 5.74) is 0.245. The van der Waals surface area contributed by atoms with Crippen LogP contribution in [-0.4, -0.2) is 33.0 Å². The van der Waals surface area contributed by atoms with Gasteiger partial charge in [0, 0.05) is 16.7 Å². The van der Waals surface area contributed by atoms with Crippen LogP contribution in [0.1, 0.15) is 33.3 Å². The van der Waals surface area contributed by atoms with E-state index in [0.717, 1.165) is 0 Å². The van der Waals surface area contributed by atoms with E-state index < -0.39 is 28.2 Å². The zero-order valence-electron chi connectivity index (χ0n) is 16.7. The third kappa shape index (κ3) is 4.71. The molecular formula is C20H24BClO5S. The number of ether oxygens (including phenoxy) is 1. The van der Waals surface area contributed by atoms with E-state index in [1.54, 1.807) is 42.5 Å². The van der Waals surface area contributed by atoms with E-state index >= 15 is 0 Å². The Morgan fingerprint density at radius 1 is 1.00 bits per heavy atom. The molecule has 0 saturated carbocycles. The van der Waals surface area contributed by atoms with Crippen molar-refractivity contribution in [3.63, 3.8) is 0 Å². The molecule has 2 aromatic rings. The summed E-state index contributed by atoms with van der Waals surface area (Å²) in [5, 5.41) is 0.613. The second-order valence-electron chi connectivity index (χ2n) is 8.09. The highest BCUT2D eigenvalue weighted by Crippen LogP contribution is 2.37. The highest BCUT2D eigenvalue weighted by Gasteiger charge is 2.52. The molecule has 0 spiro atoms. The van der Waals surface area contributed by atoms with E-state index in [1.165, 1.54) is 6.26 Å². The van der Waals surface area contributed by atoms with Crippen LogP contribution in [0.5, 0.6) is 11.5 Å². The summed E-state index contributed by atoms with van der Waals surface area (Å²) in [5.74, 6) is 1.08. The SMILES string of the molecule is CC1(C)OB(c2cc(CS(C)(=O)=O)ccc2Oc2ccc(Cl)cc2)OC1(C)C. The summed E-state index contributed by atoms with van der Waals surface area (Å²) in [4.78, 5) is 0. The van der Waals surface area contributed by atoms with Crippen molar-refractivity contribution in [3.8, 4) is 11.5 Å². The number of sulfone groups is 1. The van der Waals surface area contributed by atoms with E-state index in [2.05, 4.69) is 0 Å². The van der Waals surface area contributed by atoms with Gasteiger partial charge in [-0.15, -0.1) is 0 Å². The molecule has 150 valence electrons. The predicted molar refractivity (Wildman–Crippen MR) is 112 cm³/mol. The van der Waals surface area contributed by atoms with Crippen LogP contribution < -0.4 is 10.2 Å². The first kappa shape index (κ1) is 21.2. The summed E-state index contributed by atoms with van der Waals surface area (Å²) in [6, 6.07) is 12.3. The molecule has 3 rings (SSSR count). The standard InChI is InChI=1S/C20H24BClO5S/c1-19(2)20(3,4)27-21(26-19)17-12-14(13-28(5,23)24)6-11-18(17)25-16-9-7-15(22)8-10-16/h6-12H,13H2,1-5H3. The highest BCUT2D eigenvalue weighted by atomic mass is 35.5. The molecule has 1 saturated heterocycles. The molecule has 0 amide bonds. The Morgan fingerprint density at radius 2 is 1.57 bits per heavy atom. The fraction of sp³-hybridized carbons (Fsp3) is 0.400. The van der Waals surface area contributed by atoms with Gasteiger partial charge >= 0.3 is 7.12 Å². The van der Waals surface area contributed by atoms with Gasteiger partial charge in [-0.3, -0.25) is 0 Å². The van der Waals surface area contributed by atoms with Crippen LogP contribution >= 0.6 is 11.6 Å². The van der Waals surface area contributed by atoms with Gasteiger partial charge in [0.05, 0.1) is 17.0 Å². The van der Waals surface area contributed by atoms with Gasteiger partial charge in [0.25, 0.3) is 0 Å². The summed E-state index contributed by atoms with van der Waals surface area (Å²) < 4.78 is 41.8. The maximum atomic E-state index is 11.7. The van der Waals surface area contributed by atoms with Crippen LogP contribution in [0.3, 0.4) is 0 Å². The van der Waals surface area contributed by atoms with Gasteiger partial charge < -0.3 is 14.0 Å². The van der Waals surface area contributed by atoms with Crippen LogP contribution in [0.15, 0.2) is 42.5 Å². The normalized spacial score (nSPS) is 18.3. The third-order valence-corrected chi connectivity index (χ3v) is 6.16. The van der Waals surface area contributed by atoms with Crippen LogP contribution in [0.25, 0.3) is 0 Å². The fourth-order valence-corrected chi connectivity index (χ4v) is 3.78. The van der Waals surface area contributed by atoms with E-state index in [-0.39, 0.29) is 5.75 Å². The largest absolute Gasteiger partial charge is 0.498 e. The van der Waals surface area contributed by atoms with Crippen molar-refractivity contribution in [2.24, 2.45) is 0 Å². The quantitative estimate of drug-likeness (QED) is 0.682. The van der Waals surface area contributed by atoms with Crippen molar-refractivity contribution in [1.82, 2.24) is 0 Å². The lowest BCUT2D eigenvalue weighted by atomic mass is 9.77. The lowest BCUT2D eigenvalue weighted by molar-refractivity contribution is 0.00578. The minimum atomic E-state index is -3.18. The maximum absolute atomic E-state index is 11.7. The molecule has 0 atom stereocenters. The van der Waals surface area contributed by atoms with Crippen LogP contribution in [0.4, 0.5) is 0 Å². The van der Waals surface area contributed by atoms with Crippen molar-refractivity contribution < 1.29 is 22.5 Å². The molecule has 5 nitrogen and oxygen atoms in total. The van der Waals surface area contributed by atoms with Crippen molar-refractivity contribution in [1.29, 1.82) is 0 Å². The maximum Gasteiger partial charge on any atom is 0.498 e. The lowest BCUT2D eigenvalue weighted by Gasteiger charge is -2.32. The summed E-state index contributed by atoms with van der Waals surface area (Å²) in [7, 11) is -3.85. The molecule has 0 radical (unpaired) electrons. The lowest BCUT2D eigenvalue weighted by Crippen LogP contribution is -2.41. The molecule has 1 aliphatic heterocycles. The summed E-state index contributed by atoms with van der Waals surface area (Å²) >= 11 is 5.94. The first-order valence-electron chi connectivity index (χ1n) is 8.96. The molecule has 28 heavy (non-hydrogen) atoms. The van der Waals surface area contributed by atoms with Crippen LogP contribution in [0, 0.1) is 0 Å². The van der Waals surface area contributed by atoms with Crippen LogP contribution in [0.2, 0.25) is 5.02 Å². The molecule has 2 aromatic carbocycles. The Bertz CT molecular complexity index is 955. The van der Waals surface area contributed by atoms with Gasteiger partial charge in [0.15, 0.2) is 9.84 Å². The van der Waals surface area contributed by atoms with Crippen molar-refractivity contribution in [2.45, 2.75) is 44.6 Å². The number of rotatable bonds is 5. The van der Waals surface area contributed by atoms with Gasteiger partial charge in [-0.25, -0.2) is 8.42 Å². The van der Waals surface area contributed by atoms with Gasteiger partial charge in [0.1, 0.15) is 11.5 Å². The average Bonchev–Trinajstić information content (AvgIpc) is 2.77. The third-order valence-electron chi connectivity index (χ3n) is 5.05. The highest BCUT2D eigenvalue weighted by molar-refractivity contribution is 7.89. The molecule has 0 bridgehead atoms. The summed E-state index contributed by atoms with van der Waals surface area (Å²) in [6.45, 7) is 7.86. The Balaban J connectivity index is 2.00. The number of benzene rings is 2. The zero-order valence-corrected chi connectivity index (χ0v) is 18.2. The second kappa shape index (κ2) is 7.37. The molecular weight excluding hydrogens is 399 g/mol. The fourth-order valence-electron chi connectivity index (χ4n) is 2.87. The molecule has 0 N–H and O–H groups in total. The molecule has 1 fully saturated rings. The molecule has 0 aliphatic carbocycles. The molecule has 0 unspecified atom stereocenters. The zero-order chi connectivity index (χ0) is 20.7. The Hall–Kier alpha value is -1.54. The van der Waals surface area contributed by atoms with E-state index in [9.17, 15) is 8.42 Å². The minimum absolute atomic E-state index is 0.0687. The summed E-state index contributed by atoms with van der Waals surface area (Å²) in [6.07, 6.45) is 1.21. The van der Waals surface area contributed by atoms with E-state index in [4.69, 9.17) is 25.6 Å². The topological polar surface area (TPSA) is 61.8 Å². The molecule has 0 aromatic heterocycles. The Morgan fingerprint density at radius 3 is 2.11 bits per heavy atom. The monoisotopic (exact) mass is 422 g/mol. The second-order valence-corrected chi connectivity index (χ2v) is 10.7. The minimum Gasteiger partial charge on any atom is -0.458 e. The molecule has 1 heterocycles. The average molecular weight is 423 g/mol. The number of hydrogen-bond acceptors (Lipinski definition) is 5. The first-order valence-corrected chi connectivity index (χ1v) is 11.4. The van der Waals surface area contributed by atoms with Gasteiger partial charge in [-0.2, -0.15) is 0 Å². The first-order chi connectivity index (χ1) is 12.9. The Labute approximate surface area is 172 Å². The molecule has 1 aliphatic rings. The van der Waals surface area contributed by atoms with E-state index in [0.29, 0.717) is 27.5 Å².